The number of aryl methyl sites for hydroxylation is 2. The van der Waals surface area contributed by atoms with E-state index in [9.17, 15) is 9.59 Å². The van der Waals surface area contributed by atoms with Gasteiger partial charge in [0.25, 0.3) is 0 Å². The monoisotopic (exact) mass is 276 g/mol. The van der Waals surface area contributed by atoms with Crippen LogP contribution in [0.15, 0.2) is 52.4 Å². The highest BCUT2D eigenvalue weighted by atomic mass is 16.1. The third-order valence-corrected chi connectivity index (χ3v) is 3.81. The molecule has 2 bridgehead atoms. The molecular weight excluding hydrogens is 260 g/mol. The molecular formula is C19H16O2. The van der Waals surface area contributed by atoms with Crippen LogP contribution in [-0.2, 0) is 4.79 Å². The Hall–Kier alpha value is -2.48. The van der Waals surface area contributed by atoms with E-state index in [0.29, 0.717) is 0 Å². The summed E-state index contributed by atoms with van der Waals surface area (Å²) >= 11 is 0. The summed E-state index contributed by atoms with van der Waals surface area (Å²) in [5.74, 6) is -0.00258. The second kappa shape index (κ2) is 5.13. The van der Waals surface area contributed by atoms with Gasteiger partial charge >= 0.3 is 0 Å². The Morgan fingerprint density at radius 3 is 1.71 bits per heavy atom. The smallest absolute Gasteiger partial charge is 0.184 e. The summed E-state index contributed by atoms with van der Waals surface area (Å²) < 4.78 is 0. The van der Waals surface area contributed by atoms with Gasteiger partial charge in [0.15, 0.2) is 11.2 Å². The first-order chi connectivity index (χ1) is 10.0. The van der Waals surface area contributed by atoms with E-state index in [1.807, 2.05) is 38.1 Å². The van der Waals surface area contributed by atoms with Gasteiger partial charge in [0.05, 0.1) is 0 Å². The van der Waals surface area contributed by atoms with Crippen molar-refractivity contribution in [3.63, 3.8) is 0 Å². The molecule has 0 radical (unpaired) electrons. The van der Waals surface area contributed by atoms with Crippen molar-refractivity contribution in [3.05, 3.63) is 80.1 Å². The number of fused-ring (bicyclic) bond motifs is 3. The molecule has 21 heavy (non-hydrogen) atoms. The van der Waals surface area contributed by atoms with Crippen LogP contribution in [0.2, 0.25) is 0 Å². The molecule has 0 aliphatic heterocycles. The van der Waals surface area contributed by atoms with Gasteiger partial charge in [-0.2, -0.15) is 0 Å². The summed E-state index contributed by atoms with van der Waals surface area (Å²) in [5.41, 5.74) is 5.77. The fraction of sp³-hybridized carbons (Fsp3) is 0.158. The lowest BCUT2D eigenvalue weighted by molar-refractivity contribution is -0.110. The van der Waals surface area contributed by atoms with Crippen LogP contribution in [0.5, 0.6) is 0 Å². The molecule has 0 unspecified atom stereocenters. The molecule has 0 heterocycles. The van der Waals surface area contributed by atoms with Gasteiger partial charge in [0.2, 0.25) is 0 Å². The number of ketones is 1. The van der Waals surface area contributed by atoms with E-state index in [4.69, 9.17) is 0 Å². The van der Waals surface area contributed by atoms with Crippen molar-refractivity contribution >= 4 is 17.9 Å². The lowest BCUT2D eigenvalue weighted by atomic mass is 10.0. The number of hydrogen-bond donors (Lipinski definition) is 0. The predicted molar refractivity (Wildman–Crippen MR) is 86.0 cm³/mol. The second-order valence-corrected chi connectivity index (χ2v) is 5.58. The zero-order valence-electron chi connectivity index (χ0n) is 12.1. The summed E-state index contributed by atoms with van der Waals surface area (Å²) in [6.07, 6.45) is 11.8. The Kier molecular flexibility index (Phi) is 3.30. The molecule has 0 saturated heterocycles. The van der Waals surface area contributed by atoms with E-state index >= 15 is 0 Å². The molecule has 0 amide bonds. The molecule has 2 aliphatic rings. The molecule has 1 aromatic rings. The van der Waals surface area contributed by atoms with E-state index in [2.05, 4.69) is 12.2 Å². The predicted octanol–water partition coefficient (Wildman–Crippen LogP) is 3.53. The fourth-order valence-electron chi connectivity index (χ4n) is 2.71. The average molecular weight is 276 g/mol. The second-order valence-electron chi connectivity index (χ2n) is 5.58. The molecule has 0 saturated carbocycles. The van der Waals surface area contributed by atoms with Crippen LogP contribution in [0, 0.1) is 13.8 Å². The van der Waals surface area contributed by atoms with E-state index in [1.165, 1.54) is 0 Å². The molecule has 0 atom stereocenters. The highest BCUT2D eigenvalue weighted by molar-refractivity contribution is 6.00. The Balaban J connectivity index is 2.33. The zero-order valence-corrected chi connectivity index (χ0v) is 12.1. The average Bonchev–Trinajstić information content (AvgIpc) is 2.66. The lowest BCUT2D eigenvalue weighted by Crippen LogP contribution is -2.03. The van der Waals surface area contributed by atoms with E-state index in [1.54, 1.807) is 12.2 Å². The van der Waals surface area contributed by atoms with Gasteiger partial charge in [0, 0.05) is 0 Å². The minimum Gasteiger partial charge on any atom is -0.290 e. The summed E-state index contributed by atoms with van der Waals surface area (Å²) in [6.45, 7) is 3.69. The topological polar surface area (TPSA) is 34.1 Å². The van der Waals surface area contributed by atoms with E-state index < -0.39 is 0 Å². The van der Waals surface area contributed by atoms with Crippen LogP contribution >= 0.6 is 0 Å². The van der Waals surface area contributed by atoms with Crippen molar-refractivity contribution in [3.8, 4) is 0 Å². The van der Waals surface area contributed by atoms with Crippen molar-refractivity contribution in [2.45, 2.75) is 20.3 Å². The minimum atomic E-state index is -0.00258. The molecule has 0 aromatic heterocycles. The Bertz CT molecular complexity index is 754. The number of carbonyl (C=O) groups is 1. The molecule has 2 heteroatoms. The Morgan fingerprint density at radius 2 is 1.24 bits per heavy atom. The maximum Gasteiger partial charge on any atom is 0.184 e. The van der Waals surface area contributed by atoms with Gasteiger partial charge in [-0.3, -0.25) is 9.59 Å². The maximum absolute atomic E-state index is 12.1. The summed E-state index contributed by atoms with van der Waals surface area (Å²) in [7, 11) is 0. The van der Waals surface area contributed by atoms with E-state index in [0.717, 1.165) is 39.8 Å². The SMILES string of the molecule is Cc1cc2c(cc(C)c1=O)C=C1C=CC(=O)C=CC(=C2)C1. The third-order valence-electron chi connectivity index (χ3n) is 3.81. The summed E-state index contributed by atoms with van der Waals surface area (Å²) in [6, 6.07) is 3.86. The van der Waals surface area contributed by atoms with Gasteiger partial charge in [-0.15, -0.1) is 0 Å². The first-order valence-corrected chi connectivity index (χ1v) is 7.00. The summed E-state index contributed by atoms with van der Waals surface area (Å²) in [4.78, 5) is 23.7. The van der Waals surface area contributed by atoms with Crippen LogP contribution in [0.1, 0.15) is 28.7 Å². The highest BCUT2D eigenvalue weighted by Gasteiger charge is 2.11. The van der Waals surface area contributed by atoms with Gasteiger partial charge in [0.1, 0.15) is 0 Å². The minimum absolute atomic E-state index is 0.00258. The van der Waals surface area contributed by atoms with Gasteiger partial charge in [-0.05, 0) is 78.0 Å². The van der Waals surface area contributed by atoms with Crippen LogP contribution in [0.3, 0.4) is 0 Å². The molecule has 0 fully saturated rings. The number of allylic oxidation sites excluding steroid dienone is 6. The number of rotatable bonds is 0. The Morgan fingerprint density at radius 1 is 0.762 bits per heavy atom. The van der Waals surface area contributed by atoms with Crippen LogP contribution in [0.25, 0.3) is 12.2 Å². The zero-order chi connectivity index (χ0) is 15.0. The molecule has 2 aliphatic carbocycles. The third kappa shape index (κ3) is 2.70. The largest absolute Gasteiger partial charge is 0.290 e. The maximum atomic E-state index is 12.1. The molecule has 1 aromatic carbocycles. The van der Waals surface area contributed by atoms with Crippen molar-refractivity contribution in [2.75, 3.05) is 0 Å². The molecule has 3 rings (SSSR count). The van der Waals surface area contributed by atoms with Crippen LogP contribution in [0.4, 0.5) is 0 Å². The Labute approximate surface area is 123 Å². The van der Waals surface area contributed by atoms with Crippen LogP contribution in [-0.4, -0.2) is 5.78 Å². The normalized spacial score (nSPS) is 16.4. The molecule has 104 valence electrons. The van der Waals surface area contributed by atoms with E-state index in [-0.39, 0.29) is 11.2 Å². The number of carbonyl (C=O) groups excluding carboxylic acids is 1. The lowest BCUT2D eigenvalue weighted by Gasteiger charge is -2.03. The summed E-state index contributed by atoms with van der Waals surface area (Å²) in [5, 5.41) is 0. The van der Waals surface area contributed by atoms with Crippen molar-refractivity contribution in [1.29, 1.82) is 0 Å². The standard InChI is InChI=1S/C19H16O2/c1-12-7-16-10-14-3-5-18(20)6-4-15(9-14)11-17(16)8-13(2)19(12)21/h3-8,10-11H,9H2,1-2H3. The van der Waals surface area contributed by atoms with Gasteiger partial charge in [-0.25, -0.2) is 0 Å². The van der Waals surface area contributed by atoms with Gasteiger partial charge in [-0.1, -0.05) is 24.3 Å². The first kappa shape index (κ1) is 13.5. The number of hydrogen-bond acceptors (Lipinski definition) is 2. The fourth-order valence-corrected chi connectivity index (χ4v) is 2.71. The van der Waals surface area contributed by atoms with Gasteiger partial charge < -0.3 is 0 Å². The van der Waals surface area contributed by atoms with Crippen LogP contribution < -0.4 is 5.43 Å². The molecule has 0 spiro atoms. The quantitative estimate of drug-likeness (QED) is 0.726. The van der Waals surface area contributed by atoms with Crippen molar-refractivity contribution in [2.24, 2.45) is 0 Å². The molecule has 2 nitrogen and oxygen atoms in total. The first-order valence-electron chi connectivity index (χ1n) is 7.00. The molecule has 0 N–H and O–H groups in total. The van der Waals surface area contributed by atoms with Crippen molar-refractivity contribution in [1.82, 2.24) is 0 Å². The highest BCUT2D eigenvalue weighted by Crippen LogP contribution is 2.28. The van der Waals surface area contributed by atoms with Crippen molar-refractivity contribution < 1.29 is 4.79 Å².